The van der Waals surface area contributed by atoms with E-state index >= 15 is 0 Å². The van der Waals surface area contributed by atoms with Crippen molar-refractivity contribution in [3.63, 3.8) is 0 Å². The third-order valence-electron chi connectivity index (χ3n) is 9.06. The molecule has 0 saturated heterocycles. The third-order valence-corrected chi connectivity index (χ3v) is 11.3. The fraction of sp³-hybridized carbons (Fsp3) is 0.718. The van der Waals surface area contributed by atoms with E-state index < -0.39 is 36.0 Å². The van der Waals surface area contributed by atoms with Gasteiger partial charge in [-0.2, -0.15) is 0 Å². The number of amides is 5. The van der Waals surface area contributed by atoms with Gasteiger partial charge in [-0.3, -0.25) is 28.8 Å². The van der Waals surface area contributed by atoms with Gasteiger partial charge < -0.3 is 53.8 Å². The molecule has 19 heteroatoms. The van der Waals surface area contributed by atoms with Gasteiger partial charge in [-0.05, 0) is 127 Å². The Morgan fingerprint density at radius 1 is 0.655 bits per heavy atom. The second-order valence-corrected chi connectivity index (χ2v) is 16.3. The summed E-state index contributed by atoms with van der Waals surface area (Å²) >= 11 is 0. The van der Waals surface area contributed by atoms with Gasteiger partial charge in [0.2, 0.25) is 29.5 Å². The van der Waals surface area contributed by atoms with Crippen LogP contribution in [0.25, 0.3) is 0 Å². The van der Waals surface area contributed by atoms with E-state index in [-0.39, 0.29) is 36.5 Å². The quantitative estimate of drug-likeness (QED) is 0.0337. The van der Waals surface area contributed by atoms with Crippen molar-refractivity contribution < 1.29 is 33.5 Å². The summed E-state index contributed by atoms with van der Waals surface area (Å²) in [5, 5.41) is 18.0. The molecule has 0 radical (unpaired) electrons. The highest BCUT2D eigenvalue weighted by Crippen LogP contribution is 2.29. The van der Waals surface area contributed by atoms with Gasteiger partial charge in [-0.15, -0.1) is 0 Å². The van der Waals surface area contributed by atoms with Gasteiger partial charge in [-0.1, -0.05) is 23.3 Å². The molecule has 0 saturated carbocycles. The van der Waals surface area contributed by atoms with Crippen LogP contribution in [-0.4, -0.2) is 123 Å². The molecule has 12 N–H and O–H groups in total. The Balaban J connectivity index is 2.50. The van der Waals surface area contributed by atoms with Crippen LogP contribution >= 0.6 is 21.6 Å². The number of nitrogens with one attached hydrogen (secondary N) is 6. The molecule has 0 aliphatic rings. The van der Waals surface area contributed by atoms with E-state index in [1.54, 1.807) is 24.0 Å². The number of aromatic nitrogens is 1. The Morgan fingerprint density at radius 3 is 1.72 bits per heavy atom. The van der Waals surface area contributed by atoms with Crippen LogP contribution in [0.15, 0.2) is 29.4 Å². The predicted octanol–water partition coefficient (Wildman–Crippen LogP) is 1.04. The molecule has 17 nitrogen and oxygen atoms in total. The molecule has 1 aromatic heterocycles. The van der Waals surface area contributed by atoms with Crippen LogP contribution in [0.4, 0.5) is 0 Å². The molecule has 330 valence electrons. The molecule has 0 bridgehead atoms. The number of likely N-dealkylation sites (N-methyl/N-ethyl adjacent to an activating group) is 1. The summed E-state index contributed by atoms with van der Waals surface area (Å²) in [5.74, 6) is -1.10. The van der Waals surface area contributed by atoms with Crippen molar-refractivity contribution in [1.29, 1.82) is 0 Å². The van der Waals surface area contributed by atoms with E-state index in [1.807, 2.05) is 18.2 Å². The van der Waals surface area contributed by atoms with Gasteiger partial charge in [0.15, 0.2) is 5.78 Å². The Bertz CT molecular complexity index is 1320. The third kappa shape index (κ3) is 25.9. The van der Waals surface area contributed by atoms with Gasteiger partial charge in [0.05, 0.1) is 25.3 Å². The number of nitrogens with two attached hydrogens (primary N) is 3. The van der Waals surface area contributed by atoms with E-state index in [0.717, 1.165) is 17.9 Å². The summed E-state index contributed by atoms with van der Waals surface area (Å²) < 4.78 is 5.48. The smallest absolute Gasteiger partial charge is 0.243 e. The number of ether oxygens (including phenoxy) is 1. The van der Waals surface area contributed by atoms with Crippen LogP contribution in [0.2, 0.25) is 0 Å². The molecule has 0 aliphatic heterocycles. The lowest BCUT2D eigenvalue weighted by molar-refractivity contribution is -0.134. The molecule has 0 aliphatic carbocycles. The zero-order valence-corrected chi connectivity index (χ0v) is 36.2. The van der Waals surface area contributed by atoms with Crippen molar-refractivity contribution >= 4 is 56.9 Å². The first-order chi connectivity index (χ1) is 28.1. The topological polar surface area (TPSA) is 275 Å². The average molecular weight is 855 g/mol. The van der Waals surface area contributed by atoms with Crippen molar-refractivity contribution in [2.75, 3.05) is 58.7 Å². The molecule has 0 spiro atoms. The molecule has 5 amide bonds. The van der Waals surface area contributed by atoms with Crippen molar-refractivity contribution in [1.82, 2.24) is 36.9 Å². The van der Waals surface area contributed by atoms with E-state index in [4.69, 9.17) is 21.9 Å². The van der Waals surface area contributed by atoms with E-state index in [2.05, 4.69) is 36.9 Å². The molecule has 1 rings (SSSR count). The predicted molar refractivity (Wildman–Crippen MR) is 231 cm³/mol. The second kappa shape index (κ2) is 34.5. The fourth-order valence-electron chi connectivity index (χ4n) is 5.66. The van der Waals surface area contributed by atoms with Gasteiger partial charge in [0.25, 0.3) is 0 Å². The Labute approximate surface area is 352 Å². The lowest BCUT2D eigenvalue weighted by Crippen LogP contribution is -2.57. The van der Waals surface area contributed by atoms with Crippen LogP contribution < -0.4 is 49.1 Å². The van der Waals surface area contributed by atoms with Crippen LogP contribution in [0.3, 0.4) is 0 Å². The maximum atomic E-state index is 13.6. The minimum atomic E-state index is -0.941. The van der Waals surface area contributed by atoms with Crippen LogP contribution in [0.1, 0.15) is 96.8 Å². The van der Waals surface area contributed by atoms with Gasteiger partial charge in [0, 0.05) is 37.9 Å². The number of carbonyl (C=O) groups is 6. The highest BCUT2D eigenvalue weighted by atomic mass is 33.1. The fourth-order valence-corrected chi connectivity index (χ4v) is 7.53. The summed E-state index contributed by atoms with van der Waals surface area (Å²) in [7, 11) is 4.78. The van der Waals surface area contributed by atoms with Crippen molar-refractivity contribution in [2.45, 2.75) is 126 Å². The largest absolute Gasteiger partial charge is 0.379 e. The first kappa shape index (κ1) is 52.7. The maximum absolute atomic E-state index is 13.6. The van der Waals surface area contributed by atoms with Crippen LogP contribution in [0.5, 0.6) is 0 Å². The first-order valence-corrected chi connectivity index (χ1v) is 22.9. The van der Waals surface area contributed by atoms with Crippen molar-refractivity contribution in [2.24, 2.45) is 17.2 Å². The van der Waals surface area contributed by atoms with E-state index in [9.17, 15) is 28.8 Å². The highest BCUT2D eigenvalue weighted by Gasteiger charge is 2.29. The van der Waals surface area contributed by atoms with E-state index in [1.165, 1.54) is 17.7 Å². The standard InChI is InChI=1S/C39H70N10O7S2/c1-29(50)30(13-6-11-23-44-34(51)18-26-56-27-25-45-35(52)19-28-57-58-36-17-7-12-24-46-36)47-38(54)32(15-4-9-21-41)49-39(55)33(16-5-10-22-42)48-37(53)31(43-2)14-3-8-20-40/h7,12,17,24,30-33,43H,3-6,8-11,13-16,18-23,25-28,40-42H2,1-2H3,(H,44,51)(H,45,52)(H,47,54)(H,48,53)(H,49,55). The Morgan fingerprint density at radius 2 is 1.17 bits per heavy atom. The number of ketones is 1. The summed E-state index contributed by atoms with van der Waals surface area (Å²) in [6.45, 7) is 4.04. The number of carbonyl (C=O) groups excluding carboxylic acids is 6. The number of hydrogen-bond donors (Lipinski definition) is 9. The molecule has 0 fully saturated rings. The summed E-state index contributed by atoms with van der Waals surface area (Å²) in [5.41, 5.74) is 17.0. The van der Waals surface area contributed by atoms with Crippen LogP contribution in [-0.2, 0) is 33.5 Å². The Hall–Kier alpha value is -3.33. The minimum Gasteiger partial charge on any atom is -0.379 e. The highest BCUT2D eigenvalue weighted by molar-refractivity contribution is 8.76. The van der Waals surface area contributed by atoms with Crippen LogP contribution in [0, 0.1) is 0 Å². The molecule has 0 aromatic carbocycles. The first-order valence-electron chi connectivity index (χ1n) is 20.6. The normalized spacial score (nSPS) is 13.1. The number of unbranched alkanes of at least 4 members (excludes halogenated alkanes) is 4. The summed E-state index contributed by atoms with van der Waals surface area (Å²) in [4.78, 5) is 81.3. The van der Waals surface area contributed by atoms with Gasteiger partial charge >= 0.3 is 0 Å². The van der Waals surface area contributed by atoms with E-state index in [0.29, 0.717) is 116 Å². The molecule has 4 unspecified atom stereocenters. The molecular weight excluding hydrogens is 785 g/mol. The number of hydrogen-bond acceptors (Lipinski definition) is 14. The molecule has 1 aromatic rings. The minimum absolute atomic E-state index is 0.0650. The van der Waals surface area contributed by atoms with Gasteiger partial charge in [-0.25, -0.2) is 4.98 Å². The maximum Gasteiger partial charge on any atom is 0.243 e. The molecular formula is C39H70N10O7S2. The molecule has 58 heavy (non-hydrogen) atoms. The number of rotatable bonds is 36. The zero-order valence-electron chi connectivity index (χ0n) is 34.5. The second-order valence-electron chi connectivity index (χ2n) is 13.9. The molecule has 1 heterocycles. The summed E-state index contributed by atoms with van der Waals surface area (Å²) in [6, 6.07) is 2.59. The SMILES string of the molecule is CNC(CCCCN)C(=O)NC(CCCCN)C(=O)NC(CCCCN)C(=O)NC(CCCCNC(=O)CCOCCNC(=O)CCSSc1ccccn1)C(C)=O. The lowest BCUT2D eigenvalue weighted by atomic mass is 10.0. The Kier molecular flexibility index (Phi) is 31.4. The van der Waals surface area contributed by atoms with Crippen molar-refractivity contribution in [3.05, 3.63) is 24.4 Å². The van der Waals surface area contributed by atoms with Crippen molar-refractivity contribution in [3.8, 4) is 0 Å². The average Bonchev–Trinajstić information content (AvgIpc) is 3.21. The summed E-state index contributed by atoms with van der Waals surface area (Å²) in [6.07, 6.45) is 8.99. The zero-order chi connectivity index (χ0) is 42.8. The monoisotopic (exact) mass is 854 g/mol. The lowest BCUT2D eigenvalue weighted by Gasteiger charge is -2.26. The number of Topliss-reactive ketones (excluding diaryl/α,β-unsaturated/α-hetero) is 1. The van der Waals surface area contributed by atoms with Gasteiger partial charge in [0.1, 0.15) is 17.1 Å². The number of pyridine rings is 1. The molecule has 4 atom stereocenters. The number of nitrogens with zero attached hydrogens (tertiary/aromatic N) is 1.